The summed E-state index contributed by atoms with van der Waals surface area (Å²) < 4.78 is 0. The van der Waals surface area contributed by atoms with Crippen molar-refractivity contribution in [1.29, 1.82) is 0 Å². The van der Waals surface area contributed by atoms with Crippen molar-refractivity contribution >= 4 is 34.8 Å². The maximum absolute atomic E-state index is 12.8. The lowest BCUT2D eigenvalue weighted by Gasteiger charge is -2.34. The van der Waals surface area contributed by atoms with Gasteiger partial charge in [-0.3, -0.25) is 19.7 Å². The van der Waals surface area contributed by atoms with Crippen LogP contribution in [0, 0.1) is 10.1 Å². The van der Waals surface area contributed by atoms with Gasteiger partial charge in [-0.2, -0.15) is 0 Å². The molecule has 0 aliphatic carbocycles. The van der Waals surface area contributed by atoms with Gasteiger partial charge in [0.25, 0.3) is 11.6 Å². The Morgan fingerprint density at radius 2 is 1.66 bits per heavy atom. The van der Waals surface area contributed by atoms with Crippen LogP contribution in [-0.2, 0) is 9.59 Å². The van der Waals surface area contributed by atoms with Gasteiger partial charge in [0.15, 0.2) is 0 Å². The Bertz CT molecular complexity index is 954. The van der Waals surface area contributed by atoms with Gasteiger partial charge in [0, 0.05) is 49.6 Å². The Balaban J connectivity index is 1.77. The quantitative estimate of drug-likeness (QED) is 0.427. The molecule has 150 valence electrons. The first-order chi connectivity index (χ1) is 13.9. The van der Waals surface area contributed by atoms with Gasteiger partial charge in [-0.05, 0) is 23.8 Å². The first kappa shape index (κ1) is 20.6. The lowest BCUT2D eigenvalue weighted by Crippen LogP contribution is -2.50. The van der Waals surface area contributed by atoms with Crippen LogP contribution < -0.4 is 0 Å². The third kappa shape index (κ3) is 4.83. The minimum atomic E-state index is -0.446. The van der Waals surface area contributed by atoms with Crippen LogP contribution in [0.25, 0.3) is 5.57 Å². The average Bonchev–Trinajstić information content (AvgIpc) is 2.73. The van der Waals surface area contributed by atoms with Crippen molar-refractivity contribution in [2.45, 2.75) is 16.7 Å². The number of carbonyl (C=O) groups excluding carboxylic acids is 2. The number of nitrogens with zero attached hydrogens (tertiary/aromatic N) is 3. The predicted octanol–water partition coefficient (Wildman–Crippen LogP) is 3.45. The molecule has 1 heterocycles. The molecule has 7 nitrogen and oxygen atoms in total. The largest absolute Gasteiger partial charge is 0.339 e. The van der Waals surface area contributed by atoms with Crippen LogP contribution in [0.4, 0.5) is 5.69 Å². The van der Waals surface area contributed by atoms with E-state index in [0.29, 0.717) is 36.6 Å². The fraction of sp³-hybridized carbons (Fsp3) is 0.238. The third-order valence-corrected chi connectivity index (χ3v) is 5.82. The van der Waals surface area contributed by atoms with Crippen molar-refractivity contribution in [2.75, 3.05) is 26.2 Å². The van der Waals surface area contributed by atoms with E-state index in [2.05, 4.69) is 6.58 Å². The van der Waals surface area contributed by atoms with Crippen LogP contribution in [0.5, 0.6) is 0 Å². The van der Waals surface area contributed by atoms with Crippen molar-refractivity contribution < 1.29 is 14.5 Å². The molecule has 0 bridgehead atoms. The summed E-state index contributed by atoms with van der Waals surface area (Å²) in [5, 5.41) is 11.6. The Morgan fingerprint density at radius 1 is 1.03 bits per heavy atom. The number of rotatable bonds is 5. The summed E-state index contributed by atoms with van der Waals surface area (Å²) in [6.45, 7) is 7.15. The van der Waals surface area contributed by atoms with E-state index >= 15 is 0 Å². The molecule has 0 atom stereocenters. The standard InChI is InChI=1S/C21H21N3O4S/c1-15(21(26)23-12-10-22(11-13-23)16(2)25)17-8-9-20(19(14-17)24(27)28)29-18-6-4-3-5-7-18/h3-9,14H,1,10-13H2,2H3. The average molecular weight is 411 g/mol. The molecule has 0 saturated carbocycles. The topological polar surface area (TPSA) is 83.8 Å². The zero-order valence-corrected chi connectivity index (χ0v) is 16.9. The number of hydrogen-bond acceptors (Lipinski definition) is 5. The number of hydrogen-bond donors (Lipinski definition) is 0. The van der Waals surface area contributed by atoms with Crippen molar-refractivity contribution in [3.63, 3.8) is 0 Å². The van der Waals surface area contributed by atoms with E-state index in [1.54, 1.807) is 21.9 Å². The van der Waals surface area contributed by atoms with Crippen LogP contribution in [0.3, 0.4) is 0 Å². The van der Waals surface area contributed by atoms with Gasteiger partial charge in [0.1, 0.15) is 0 Å². The molecule has 0 N–H and O–H groups in total. The first-order valence-corrected chi connectivity index (χ1v) is 9.94. The van der Waals surface area contributed by atoms with E-state index in [9.17, 15) is 19.7 Å². The highest BCUT2D eigenvalue weighted by atomic mass is 32.2. The number of benzene rings is 2. The molecule has 2 amide bonds. The Labute approximate surface area is 173 Å². The predicted molar refractivity (Wildman–Crippen MR) is 112 cm³/mol. The van der Waals surface area contributed by atoms with Gasteiger partial charge in [-0.15, -0.1) is 0 Å². The molecule has 0 spiro atoms. The lowest BCUT2D eigenvalue weighted by atomic mass is 10.1. The molecule has 0 unspecified atom stereocenters. The number of piperazine rings is 1. The number of nitro groups is 1. The van der Waals surface area contributed by atoms with E-state index in [4.69, 9.17) is 0 Å². The SMILES string of the molecule is C=C(C(=O)N1CCN(C(C)=O)CC1)c1ccc(Sc2ccccc2)c([N+](=O)[O-])c1. The molecule has 2 aromatic rings. The second-order valence-electron chi connectivity index (χ2n) is 6.63. The minimum Gasteiger partial charge on any atom is -0.339 e. The molecule has 1 saturated heterocycles. The third-order valence-electron chi connectivity index (χ3n) is 4.75. The van der Waals surface area contributed by atoms with Gasteiger partial charge < -0.3 is 9.80 Å². The molecule has 0 aromatic heterocycles. The molecular formula is C21H21N3O4S. The maximum Gasteiger partial charge on any atom is 0.283 e. The summed E-state index contributed by atoms with van der Waals surface area (Å²) >= 11 is 1.30. The van der Waals surface area contributed by atoms with Gasteiger partial charge in [0.05, 0.1) is 9.82 Å². The van der Waals surface area contributed by atoms with Crippen molar-refractivity contribution in [2.24, 2.45) is 0 Å². The van der Waals surface area contributed by atoms with Gasteiger partial charge >= 0.3 is 0 Å². The summed E-state index contributed by atoms with van der Waals surface area (Å²) in [7, 11) is 0. The number of nitro benzene ring substituents is 1. The van der Waals surface area contributed by atoms with E-state index in [1.165, 1.54) is 24.8 Å². The number of amides is 2. The highest BCUT2D eigenvalue weighted by molar-refractivity contribution is 7.99. The zero-order chi connectivity index (χ0) is 21.0. The monoisotopic (exact) mass is 411 g/mol. The second kappa shape index (κ2) is 8.91. The van der Waals surface area contributed by atoms with E-state index < -0.39 is 4.92 Å². The molecule has 1 aliphatic heterocycles. The van der Waals surface area contributed by atoms with Crippen molar-refractivity contribution in [3.8, 4) is 0 Å². The van der Waals surface area contributed by atoms with Gasteiger partial charge in [-0.25, -0.2) is 0 Å². The van der Waals surface area contributed by atoms with Gasteiger partial charge in [0.2, 0.25) is 5.91 Å². The van der Waals surface area contributed by atoms with Crippen molar-refractivity contribution in [1.82, 2.24) is 9.80 Å². The summed E-state index contributed by atoms with van der Waals surface area (Å²) in [6.07, 6.45) is 0. The summed E-state index contributed by atoms with van der Waals surface area (Å²) in [5.41, 5.74) is 0.570. The zero-order valence-electron chi connectivity index (χ0n) is 16.0. The highest BCUT2D eigenvalue weighted by Gasteiger charge is 2.25. The molecule has 2 aromatic carbocycles. The lowest BCUT2D eigenvalue weighted by molar-refractivity contribution is -0.387. The molecule has 29 heavy (non-hydrogen) atoms. The van der Waals surface area contributed by atoms with Crippen LogP contribution in [0.1, 0.15) is 12.5 Å². The van der Waals surface area contributed by atoms with E-state index in [1.807, 2.05) is 30.3 Å². The maximum atomic E-state index is 12.8. The molecule has 3 rings (SSSR count). The molecule has 0 radical (unpaired) electrons. The van der Waals surface area contributed by atoms with Crippen molar-refractivity contribution in [3.05, 3.63) is 70.8 Å². The normalized spacial score (nSPS) is 13.8. The Morgan fingerprint density at radius 3 is 2.24 bits per heavy atom. The van der Waals surface area contributed by atoms with Crippen LogP contribution in [0.2, 0.25) is 0 Å². The highest BCUT2D eigenvalue weighted by Crippen LogP contribution is 2.36. The molecule has 8 heteroatoms. The molecule has 1 fully saturated rings. The Hall–Kier alpha value is -3.13. The number of carbonyl (C=O) groups is 2. The van der Waals surface area contributed by atoms with Gasteiger partial charge in [-0.1, -0.05) is 42.6 Å². The smallest absolute Gasteiger partial charge is 0.283 e. The second-order valence-corrected chi connectivity index (χ2v) is 7.75. The molecular weight excluding hydrogens is 390 g/mol. The summed E-state index contributed by atoms with van der Waals surface area (Å²) in [4.78, 5) is 40.1. The Kier molecular flexibility index (Phi) is 6.33. The fourth-order valence-electron chi connectivity index (χ4n) is 3.09. The fourth-order valence-corrected chi connectivity index (χ4v) is 4.01. The minimum absolute atomic E-state index is 0.0157. The summed E-state index contributed by atoms with van der Waals surface area (Å²) in [6, 6.07) is 14.1. The summed E-state index contributed by atoms with van der Waals surface area (Å²) in [5.74, 6) is -0.288. The molecule has 1 aliphatic rings. The van der Waals surface area contributed by atoms with E-state index in [0.717, 1.165) is 4.90 Å². The van der Waals surface area contributed by atoms with E-state index in [-0.39, 0.29) is 23.1 Å². The van der Waals surface area contributed by atoms with Crippen LogP contribution >= 0.6 is 11.8 Å². The van der Waals surface area contributed by atoms with Crippen LogP contribution in [-0.4, -0.2) is 52.7 Å². The van der Waals surface area contributed by atoms with Crippen LogP contribution in [0.15, 0.2) is 64.9 Å². The first-order valence-electron chi connectivity index (χ1n) is 9.12.